The van der Waals surface area contributed by atoms with Gasteiger partial charge in [-0.1, -0.05) is 33.1 Å². The number of thiazole rings is 1. The Bertz CT molecular complexity index is 439. The first-order valence-corrected chi connectivity index (χ1v) is 8.54. The molecule has 1 aromatic rings. The monoisotopic (exact) mass is 422 g/mol. The molecule has 0 aromatic carbocycles. The minimum Gasteiger partial charge on any atom is -0.370 e. The van der Waals surface area contributed by atoms with Gasteiger partial charge in [0.25, 0.3) is 0 Å². The zero-order valence-electron chi connectivity index (χ0n) is 13.0. The molecule has 1 aliphatic carbocycles. The first kappa shape index (κ1) is 18.7. The summed E-state index contributed by atoms with van der Waals surface area (Å²) in [6, 6.07) is 0.527. The van der Waals surface area contributed by atoms with Crippen molar-refractivity contribution in [2.75, 3.05) is 6.54 Å². The number of aliphatic imine (C=N–C) groups is 1. The van der Waals surface area contributed by atoms with Gasteiger partial charge in [0, 0.05) is 30.3 Å². The van der Waals surface area contributed by atoms with Gasteiger partial charge in [0.05, 0.1) is 10.7 Å². The predicted molar refractivity (Wildman–Crippen MR) is 102 cm³/mol. The van der Waals surface area contributed by atoms with E-state index in [4.69, 9.17) is 5.73 Å². The quantitative estimate of drug-likeness (QED) is 0.433. The van der Waals surface area contributed by atoms with Gasteiger partial charge < -0.3 is 11.1 Å². The van der Waals surface area contributed by atoms with Crippen LogP contribution in [-0.2, 0) is 6.42 Å². The van der Waals surface area contributed by atoms with Crippen molar-refractivity contribution in [2.24, 2.45) is 10.7 Å². The second kappa shape index (κ2) is 9.61. The topological polar surface area (TPSA) is 63.3 Å². The van der Waals surface area contributed by atoms with Gasteiger partial charge in [-0.05, 0) is 12.8 Å². The van der Waals surface area contributed by atoms with Crippen molar-refractivity contribution in [1.29, 1.82) is 0 Å². The second-order valence-electron chi connectivity index (χ2n) is 5.83. The number of guanidine groups is 1. The third-order valence-corrected chi connectivity index (χ3v) is 4.86. The van der Waals surface area contributed by atoms with Crippen molar-refractivity contribution in [2.45, 2.75) is 64.3 Å². The van der Waals surface area contributed by atoms with Crippen molar-refractivity contribution in [3.05, 3.63) is 16.1 Å². The Morgan fingerprint density at radius 1 is 1.43 bits per heavy atom. The fraction of sp³-hybridized carbons (Fsp3) is 0.733. The Hall–Kier alpha value is -0.370. The van der Waals surface area contributed by atoms with Gasteiger partial charge >= 0.3 is 0 Å². The Morgan fingerprint density at radius 2 is 2.14 bits per heavy atom. The summed E-state index contributed by atoms with van der Waals surface area (Å²) in [5.74, 6) is 1.10. The highest BCUT2D eigenvalue weighted by Gasteiger charge is 2.13. The molecule has 0 radical (unpaired) electrons. The van der Waals surface area contributed by atoms with E-state index in [0.717, 1.165) is 12.1 Å². The first-order chi connectivity index (χ1) is 9.65. The van der Waals surface area contributed by atoms with Gasteiger partial charge in [0.15, 0.2) is 5.96 Å². The third-order valence-electron chi connectivity index (χ3n) is 3.67. The lowest BCUT2D eigenvalue weighted by Crippen LogP contribution is -2.41. The molecule has 4 nitrogen and oxygen atoms in total. The Morgan fingerprint density at radius 3 is 2.76 bits per heavy atom. The molecule has 6 heteroatoms. The van der Waals surface area contributed by atoms with Gasteiger partial charge in [-0.3, -0.25) is 4.99 Å². The predicted octanol–water partition coefficient (Wildman–Crippen LogP) is 3.66. The van der Waals surface area contributed by atoms with Crippen LogP contribution in [0.1, 0.15) is 62.6 Å². The molecule has 1 aliphatic rings. The van der Waals surface area contributed by atoms with Crippen LogP contribution < -0.4 is 11.1 Å². The first-order valence-electron chi connectivity index (χ1n) is 7.66. The maximum Gasteiger partial charge on any atom is 0.188 e. The summed E-state index contributed by atoms with van der Waals surface area (Å²) in [5.41, 5.74) is 7.08. The summed E-state index contributed by atoms with van der Waals surface area (Å²) in [6.45, 7) is 5.06. The van der Waals surface area contributed by atoms with Crippen molar-refractivity contribution >= 4 is 41.3 Å². The van der Waals surface area contributed by atoms with Crippen LogP contribution in [0.5, 0.6) is 0 Å². The average Bonchev–Trinajstić information content (AvgIpc) is 2.89. The summed E-state index contributed by atoms with van der Waals surface area (Å²) >= 11 is 1.74. The zero-order chi connectivity index (χ0) is 14.4. The van der Waals surface area contributed by atoms with Crippen molar-refractivity contribution in [1.82, 2.24) is 10.3 Å². The second-order valence-corrected chi connectivity index (χ2v) is 6.72. The molecule has 21 heavy (non-hydrogen) atoms. The third kappa shape index (κ3) is 6.50. The van der Waals surface area contributed by atoms with E-state index in [9.17, 15) is 0 Å². The van der Waals surface area contributed by atoms with Crippen molar-refractivity contribution in [3.63, 3.8) is 0 Å². The molecule has 2 rings (SSSR count). The molecule has 120 valence electrons. The van der Waals surface area contributed by atoms with Gasteiger partial charge in [0.2, 0.25) is 0 Å². The van der Waals surface area contributed by atoms with E-state index in [1.807, 2.05) is 0 Å². The van der Waals surface area contributed by atoms with Crippen LogP contribution in [0.3, 0.4) is 0 Å². The smallest absolute Gasteiger partial charge is 0.188 e. The fourth-order valence-electron chi connectivity index (χ4n) is 2.50. The fourth-order valence-corrected chi connectivity index (χ4v) is 3.36. The van der Waals surface area contributed by atoms with Crippen LogP contribution in [0, 0.1) is 0 Å². The zero-order valence-corrected chi connectivity index (χ0v) is 16.1. The summed E-state index contributed by atoms with van der Waals surface area (Å²) in [6.07, 6.45) is 7.29. The van der Waals surface area contributed by atoms with E-state index >= 15 is 0 Å². The molecule has 1 aromatic heterocycles. The number of nitrogens with zero attached hydrogens (tertiary/aromatic N) is 2. The number of hydrogen-bond acceptors (Lipinski definition) is 3. The Kier molecular flexibility index (Phi) is 8.55. The Labute approximate surface area is 149 Å². The lowest BCUT2D eigenvalue weighted by Gasteiger charge is -2.23. The van der Waals surface area contributed by atoms with Crippen LogP contribution in [0.2, 0.25) is 0 Å². The van der Waals surface area contributed by atoms with E-state index in [1.54, 1.807) is 11.3 Å². The van der Waals surface area contributed by atoms with Crippen LogP contribution in [0.15, 0.2) is 10.4 Å². The largest absolute Gasteiger partial charge is 0.370 e. The molecule has 3 N–H and O–H groups in total. The normalized spacial score (nSPS) is 16.8. The molecule has 1 saturated carbocycles. The van der Waals surface area contributed by atoms with E-state index < -0.39 is 0 Å². The highest BCUT2D eigenvalue weighted by Crippen LogP contribution is 2.19. The highest BCUT2D eigenvalue weighted by molar-refractivity contribution is 14.0. The van der Waals surface area contributed by atoms with E-state index in [-0.39, 0.29) is 24.0 Å². The number of nitrogens with two attached hydrogens (primary N) is 1. The van der Waals surface area contributed by atoms with Gasteiger partial charge in [-0.2, -0.15) is 0 Å². The molecule has 1 fully saturated rings. The highest BCUT2D eigenvalue weighted by atomic mass is 127. The molecule has 0 bridgehead atoms. The van der Waals surface area contributed by atoms with Crippen LogP contribution in [0.25, 0.3) is 0 Å². The number of aromatic nitrogens is 1. The maximum atomic E-state index is 5.94. The SMILES string of the molecule is CC(C)c1nc(CCN=C(N)NC2CCCCC2)cs1.I. The maximum absolute atomic E-state index is 5.94. The molecule has 0 spiro atoms. The number of nitrogens with one attached hydrogen (secondary N) is 1. The molecule has 0 atom stereocenters. The average molecular weight is 422 g/mol. The number of halogens is 1. The Balaban J connectivity index is 0.00000220. The van der Waals surface area contributed by atoms with E-state index in [1.165, 1.54) is 37.1 Å². The lowest BCUT2D eigenvalue weighted by atomic mass is 9.96. The minimum absolute atomic E-state index is 0. The molecular formula is C15H27IN4S. The van der Waals surface area contributed by atoms with Gasteiger partial charge in [-0.25, -0.2) is 4.98 Å². The lowest BCUT2D eigenvalue weighted by molar-refractivity contribution is 0.412. The van der Waals surface area contributed by atoms with Crippen LogP contribution in [0.4, 0.5) is 0 Å². The summed E-state index contributed by atoms with van der Waals surface area (Å²) < 4.78 is 0. The minimum atomic E-state index is 0. The summed E-state index contributed by atoms with van der Waals surface area (Å²) in [4.78, 5) is 9.03. The van der Waals surface area contributed by atoms with Gasteiger partial charge in [-0.15, -0.1) is 35.3 Å². The molecule has 1 heterocycles. The van der Waals surface area contributed by atoms with Crippen LogP contribution >= 0.6 is 35.3 Å². The molecule has 0 aliphatic heterocycles. The molecule has 0 unspecified atom stereocenters. The van der Waals surface area contributed by atoms with E-state index in [2.05, 4.69) is 34.5 Å². The van der Waals surface area contributed by atoms with Crippen LogP contribution in [-0.4, -0.2) is 23.5 Å². The van der Waals surface area contributed by atoms with Crippen molar-refractivity contribution in [3.8, 4) is 0 Å². The molecular weight excluding hydrogens is 395 g/mol. The number of hydrogen-bond donors (Lipinski definition) is 2. The van der Waals surface area contributed by atoms with Crippen molar-refractivity contribution < 1.29 is 0 Å². The standard InChI is InChI=1S/C15H26N4S.HI/c1-11(2)14-18-13(10-20-14)8-9-17-15(16)19-12-6-4-3-5-7-12;/h10-12H,3-9H2,1-2H3,(H3,16,17,19);1H. The molecule has 0 saturated heterocycles. The summed E-state index contributed by atoms with van der Waals surface area (Å²) in [5, 5.41) is 6.68. The summed E-state index contributed by atoms with van der Waals surface area (Å²) in [7, 11) is 0. The number of rotatable bonds is 5. The molecule has 0 amide bonds. The van der Waals surface area contributed by atoms with E-state index in [0.29, 0.717) is 24.5 Å². The van der Waals surface area contributed by atoms with Gasteiger partial charge in [0.1, 0.15) is 0 Å².